The third kappa shape index (κ3) is 9.52. The van der Waals surface area contributed by atoms with Crippen molar-refractivity contribution in [2.24, 2.45) is 5.73 Å². The summed E-state index contributed by atoms with van der Waals surface area (Å²) in [5, 5.41) is 3.49. The highest BCUT2D eigenvalue weighted by atomic mass is 14.9. The molecule has 21 heavy (non-hydrogen) atoms. The van der Waals surface area contributed by atoms with Crippen LogP contribution in [-0.2, 0) is 6.54 Å². The molecule has 0 aliphatic rings. The Bertz CT molecular complexity index is 349. The molecule has 2 nitrogen and oxygen atoms in total. The van der Waals surface area contributed by atoms with Crippen molar-refractivity contribution in [3.63, 3.8) is 0 Å². The fraction of sp³-hybridized carbons (Fsp3) is 0.684. The van der Waals surface area contributed by atoms with E-state index in [9.17, 15) is 0 Å². The van der Waals surface area contributed by atoms with Crippen LogP contribution in [0.15, 0.2) is 24.3 Å². The van der Waals surface area contributed by atoms with Gasteiger partial charge in [-0.15, -0.1) is 0 Å². The summed E-state index contributed by atoms with van der Waals surface area (Å²) in [6, 6.07) is 8.42. The molecule has 3 N–H and O–H groups in total. The number of nitrogens with one attached hydrogen (secondary N) is 1. The Balaban J connectivity index is 1.90. The van der Waals surface area contributed by atoms with Crippen LogP contribution in [0.25, 0.3) is 0 Å². The second kappa shape index (κ2) is 12.7. The highest BCUT2D eigenvalue weighted by Crippen LogP contribution is 2.12. The summed E-state index contributed by atoms with van der Waals surface area (Å²) >= 11 is 0. The van der Waals surface area contributed by atoms with Crippen LogP contribution in [0.4, 0.5) is 5.69 Å². The van der Waals surface area contributed by atoms with Crippen LogP contribution in [-0.4, -0.2) is 6.54 Å². The van der Waals surface area contributed by atoms with Crippen molar-refractivity contribution in [2.45, 2.75) is 77.7 Å². The van der Waals surface area contributed by atoms with Gasteiger partial charge in [0.2, 0.25) is 0 Å². The van der Waals surface area contributed by atoms with Gasteiger partial charge in [0, 0.05) is 18.8 Å². The van der Waals surface area contributed by atoms with E-state index in [4.69, 9.17) is 5.73 Å². The Hall–Kier alpha value is -1.02. The van der Waals surface area contributed by atoms with Crippen LogP contribution < -0.4 is 11.1 Å². The van der Waals surface area contributed by atoms with Gasteiger partial charge in [-0.1, -0.05) is 76.8 Å². The van der Waals surface area contributed by atoms with Crippen LogP contribution in [0.1, 0.15) is 76.7 Å². The molecular weight excluding hydrogens is 256 g/mol. The minimum atomic E-state index is 0.619. The van der Waals surface area contributed by atoms with E-state index in [-0.39, 0.29) is 0 Å². The maximum atomic E-state index is 5.65. The Kier molecular flexibility index (Phi) is 10.9. The lowest BCUT2D eigenvalue weighted by Gasteiger charge is -2.07. The van der Waals surface area contributed by atoms with Gasteiger partial charge in [0.15, 0.2) is 0 Å². The molecule has 0 aliphatic heterocycles. The lowest BCUT2D eigenvalue weighted by molar-refractivity contribution is 0.560. The van der Waals surface area contributed by atoms with Crippen molar-refractivity contribution < 1.29 is 0 Å². The predicted octanol–water partition coefficient (Wildman–Crippen LogP) is 5.48. The van der Waals surface area contributed by atoms with Crippen LogP contribution in [0.2, 0.25) is 0 Å². The fourth-order valence-electron chi connectivity index (χ4n) is 2.65. The minimum absolute atomic E-state index is 0.619. The van der Waals surface area contributed by atoms with E-state index >= 15 is 0 Å². The Labute approximate surface area is 131 Å². The number of anilines is 1. The van der Waals surface area contributed by atoms with E-state index in [0.29, 0.717) is 6.54 Å². The topological polar surface area (TPSA) is 38.0 Å². The summed E-state index contributed by atoms with van der Waals surface area (Å²) in [4.78, 5) is 0. The standard InChI is InChI=1S/C19H34N2/c1-2-3-4-5-6-7-8-9-10-11-15-21-19-14-12-13-18(16-19)17-20/h12-14,16,21H,2-11,15,17,20H2,1H3. The maximum absolute atomic E-state index is 5.65. The number of benzene rings is 1. The molecule has 0 unspecified atom stereocenters. The first-order chi connectivity index (χ1) is 10.4. The summed E-state index contributed by atoms with van der Waals surface area (Å²) in [7, 11) is 0. The molecule has 0 aromatic heterocycles. The molecule has 0 aliphatic carbocycles. The summed E-state index contributed by atoms with van der Waals surface area (Å²) in [5.41, 5.74) is 8.05. The molecule has 0 heterocycles. The van der Waals surface area contributed by atoms with Crippen molar-refractivity contribution in [1.29, 1.82) is 0 Å². The summed E-state index contributed by atoms with van der Waals surface area (Å²) in [6.07, 6.45) is 13.9. The zero-order chi connectivity index (χ0) is 15.2. The van der Waals surface area contributed by atoms with E-state index in [0.717, 1.165) is 6.54 Å². The lowest BCUT2D eigenvalue weighted by Crippen LogP contribution is -2.03. The normalized spacial score (nSPS) is 10.8. The molecule has 1 aromatic rings. The van der Waals surface area contributed by atoms with Crippen LogP contribution in [0, 0.1) is 0 Å². The van der Waals surface area contributed by atoms with Gasteiger partial charge in [-0.3, -0.25) is 0 Å². The monoisotopic (exact) mass is 290 g/mol. The van der Waals surface area contributed by atoms with Crippen molar-refractivity contribution in [3.05, 3.63) is 29.8 Å². The molecule has 0 atom stereocenters. The average molecular weight is 290 g/mol. The van der Waals surface area contributed by atoms with Gasteiger partial charge in [-0.2, -0.15) is 0 Å². The van der Waals surface area contributed by atoms with E-state index in [1.165, 1.54) is 75.5 Å². The quantitative estimate of drug-likeness (QED) is 0.472. The largest absolute Gasteiger partial charge is 0.385 e. The summed E-state index contributed by atoms with van der Waals surface area (Å²) < 4.78 is 0. The lowest BCUT2D eigenvalue weighted by atomic mass is 10.1. The first-order valence-corrected chi connectivity index (χ1v) is 8.89. The summed E-state index contributed by atoms with van der Waals surface area (Å²) in [5.74, 6) is 0. The number of nitrogens with two attached hydrogens (primary N) is 1. The minimum Gasteiger partial charge on any atom is -0.385 e. The first-order valence-electron chi connectivity index (χ1n) is 8.89. The van der Waals surface area contributed by atoms with Crippen molar-refractivity contribution in [3.8, 4) is 0 Å². The molecule has 0 radical (unpaired) electrons. The number of unbranched alkanes of at least 4 members (excludes halogenated alkanes) is 9. The molecule has 0 bridgehead atoms. The number of hydrogen-bond donors (Lipinski definition) is 2. The van der Waals surface area contributed by atoms with E-state index in [2.05, 4.69) is 36.5 Å². The van der Waals surface area contributed by atoms with Crippen molar-refractivity contribution in [2.75, 3.05) is 11.9 Å². The van der Waals surface area contributed by atoms with Gasteiger partial charge in [-0.25, -0.2) is 0 Å². The smallest absolute Gasteiger partial charge is 0.0343 e. The molecule has 1 rings (SSSR count). The highest BCUT2D eigenvalue weighted by Gasteiger charge is 1.95. The van der Waals surface area contributed by atoms with E-state index in [1.807, 2.05) is 0 Å². The molecule has 2 heteroatoms. The second-order valence-corrected chi connectivity index (χ2v) is 6.01. The zero-order valence-electron chi connectivity index (χ0n) is 13.9. The molecule has 1 aromatic carbocycles. The molecule has 0 saturated carbocycles. The molecule has 0 spiro atoms. The van der Waals surface area contributed by atoms with Gasteiger partial charge in [0.05, 0.1) is 0 Å². The van der Waals surface area contributed by atoms with Crippen LogP contribution in [0.3, 0.4) is 0 Å². The van der Waals surface area contributed by atoms with Gasteiger partial charge >= 0.3 is 0 Å². The van der Waals surface area contributed by atoms with E-state index < -0.39 is 0 Å². The maximum Gasteiger partial charge on any atom is 0.0343 e. The average Bonchev–Trinajstić information content (AvgIpc) is 2.53. The second-order valence-electron chi connectivity index (χ2n) is 6.01. The predicted molar refractivity (Wildman–Crippen MR) is 94.7 cm³/mol. The first kappa shape index (κ1) is 18.0. The van der Waals surface area contributed by atoms with Gasteiger partial charge in [0.25, 0.3) is 0 Å². The molecule has 0 amide bonds. The molecular formula is C19H34N2. The van der Waals surface area contributed by atoms with E-state index in [1.54, 1.807) is 0 Å². The fourth-order valence-corrected chi connectivity index (χ4v) is 2.65. The van der Waals surface area contributed by atoms with Gasteiger partial charge in [-0.05, 0) is 24.1 Å². The van der Waals surface area contributed by atoms with Crippen LogP contribution in [0.5, 0.6) is 0 Å². The third-order valence-electron chi connectivity index (χ3n) is 4.02. The van der Waals surface area contributed by atoms with Crippen molar-refractivity contribution in [1.82, 2.24) is 0 Å². The third-order valence-corrected chi connectivity index (χ3v) is 4.02. The SMILES string of the molecule is CCCCCCCCCCCCNc1cccc(CN)c1. The molecule has 0 fully saturated rings. The summed E-state index contributed by atoms with van der Waals surface area (Å²) in [6.45, 7) is 3.97. The number of hydrogen-bond acceptors (Lipinski definition) is 2. The highest BCUT2D eigenvalue weighted by molar-refractivity contribution is 5.45. The Morgan fingerprint density at radius 3 is 2.10 bits per heavy atom. The molecule has 0 saturated heterocycles. The Morgan fingerprint density at radius 2 is 1.48 bits per heavy atom. The molecule has 120 valence electrons. The van der Waals surface area contributed by atoms with Gasteiger partial charge in [0.1, 0.15) is 0 Å². The Morgan fingerprint density at radius 1 is 0.857 bits per heavy atom. The van der Waals surface area contributed by atoms with Gasteiger partial charge < -0.3 is 11.1 Å². The zero-order valence-corrected chi connectivity index (χ0v) is 13.9. The van der Waals surface area contributed by atoms with Crippen LogP contribution >= 0.6 is 0 Å². The van der Waals surface area contributed by atoms with Crippen molar-refractivity contribution >= 4 is 5.69 Å². The number of rotatable bonds is 13.